The van der Waals surface area contributed by atoms with Crippen molar-refractivity contribution in [2.75, 3.05) is 0 Å². The molecule has 0 spiro atoms. The van der Waals surface area contributed by atoms with E-state index in [-0.39, 0.29) is 6.61 Å². The summed E-state index contributed by atoms with van der Waals surface area (Å²) < 4.78 is 5.81. The smallest absolute Gasteiger partial charge is 0.292 e. The minimum atomic E-state index is -0.606. The molecule has 0 fully saturated rings. The van der Waals surface area contributed by atoms with Crippen LogP contribution in [0.2, 0.25) is 0 Å². The van der Waals surface area contributed by atoms with Crippen molar-refractivity contribution in [1.82, 2.24) is 5.32 Å². The molecule has 0 heterocycles. The van der Waals surface area contributed by atoms with Crippen LogP contribution in [-0.4, -0.2) is 17.2 Å². The molecule has 0 aliphatic rings. The Morgan fingerprint density at radius 3 is 2.29 bits per heavy atom. The molecular formula is C20H23NO3. The van der Waals surface area contributed by atoms with Crippen LogP contribution in [0.3, 0.4) is 0 Å². The van der Waals surface area contributed by atoms with E-state index in [1.54, 1.807) is 18.2 Å². The first-order chi connectivity index (χ1) is 11.3. The number of carbonyl (C=O) groups excluding carboxylic acids is 2. The average Bonchev–Trinajstić information content (AvgIpc) is 2.52. The number of amides is 1. The Labute approximate surface area is 142 Å². The number of Topliss-reactive ketones (excluding diaryl/α,β-unsaturated/α-hetero) is 1. The summed E-state index contributed by atoms with van der Waals surface area (Å²) in [5, 5.41) is 2.70. The lowest BCUT2D eigenvalue weighted by molar-refractivity contribution is -0.118. The van der Waals surface area contributed by atoms with E-state index in [4.69, 9.17) is 4.74 Å². The molecule has 2 rings (SSSR count). The number of benzene rings is 2. The maximum absolute atomic E-state index is 12.5. The molecule has 4 nitrogen and oxygen atoms in total. The fourth-order valence-corrected chi connectivity index (χ4v) is 2.26. The van der Waals surface area contributed by atoms with Crippen LogP contribution in [0.5, 0.6) is 5.75 Å². The quantitative estimate of drug-likeness (QED) is 0.674. The van der Waals surface area contributed by atoms with Crippen LogP contribution in [0.25, 0.3) is 0 Å². The van der Waals surface area contributed by atoms with Gasteiger partial charge in [0, 0.05) is 16.7 Å². The second-order valence-corrected chi connectivity index (χ2v) is 6.74. The molecule has 1 N–H and O–H groups in total. The highest BCUT2D eigenvalue weighted by Gasteiger charge is 2.23. The van der Waals surface area contributed by atoms with E-state index in [0.29, 0.717) is 11.1 Å². The van der Waals surface area contributed by atoms with E-state index in [0.717, 1.165) is 11.3 Å². The molecule has 24 heavy (non-hydrogen) atoms. The number of para-hydroxylation sites is 1. The van der Waals surface area contributed by atoms with Crippen molar-refractivity contribution in [1.29, 1.82) is 0 Å². The molecular weight excluding hydrogens is 302 g/mol. The van der Waals surface area contributed by atoms with Crippen LogP contribution < -0.4 is 10.1 Å². The fourth-order valence-electron chi connectivity index (χ4n) is 2.26. The minimum absolute atomic E-state index is 0.232. The van der Waals surface area contributed by atoms with Crippen LogP contribution in [0.4, 0.5) is 0 Å². The first-order valence-corrected chi connectivity index (χ1v) is 7.91. The molecule has 0 unspecified atom stereocenters. The van der Waals surface area contributed by atoms with Gasteiger partial charge < -0.3 is 10.1 Å². The van der Waals surface area contributed by atoms with Crippen molar-refractivity contribution < 1.29 is 14.3 Å². The van der Waals surface area contributed by atoms with Gasteiger partial charge in [-0.25, -0.2) is 0 Å². The zero-order chi connectivity index (χ0) is 17.7. The zero-order valence-corrected chi connectivity index (χ0v) is 14.6. The zero-order valence-electron chi connectivity index (χ0n) is 14.6. The Balaban J connectivity index is 2.17. The third-order valence-electron chi connectivity index (χ3n) is 3.43. The number of hydrogen-bond donors (Lipinski definition) is 1. The Morgan fingerprint density at radius 2 is 1.62 bits per heavy atom. The van der Waals surface area contributed by atoms with E-state index in [2.05, 4.69) is 5.32 Å². The highest BCUT2D eigenvalue weighted by atomic mass is 16.5. The summed E-state index contributed by atoms with van der Waals surface area (Å²) in [6, 6.07) is 14.7. The van der Waals surface area contributed by atoms with Crippen molar-refractivity contribution in [3.63, 3.8) is 0 Å². The van der Waals surface area contributed by atoms with Gasteiger partial charge in [0.15, 0.2) is 0 Å². The third-order valence-corrected chi connectivity index (χ3v) is 3.43. The number of nitrogens with one attached hydrogen (secondary N) is 1. The molecule has 2 aromatic carbocycles. The fraction of sp³-hybridized carbons (Fsp3) is 0.300. The van der Waals surface area contributed by atoms with E-state index in [1.807, 2.05) is 58.0 Å². The number of ketones is 1. The third kappa shape index (κ3) is 4.69. The summed E-state index contributed by atoms with van der Waals surface area (Å²) in [5.74, 6) is -0.390. The van der Waals surface area contributed by atoms with Crippen molar-refractivity contribution >= 4 is 11.7 Å². The van der Waals surface area contributed by atoms with Gasteiger partial charge in [-0.15, -0.1) is 0 Å². The van der Waals surface area contributed by atoms with Crippen molar-refractivity contribution in [2.24, 2.45) is 0 Å². The van der Waals surface area contributed by atoms with E-state index < -0.39 is 17.2 Å². The number of rotatable bonds is 5. The number of hydrogen-bond acceptors (Lipinski definition) is 3. The Morgan fingerprint density at radius 1 is 1.00 bits per heavy atom. The van der Waals surface area contributed by atoms with Gasteiger partial charge in [-0.1, -0.05) is 42.5 Å². The van der Waals surface area contributed by atoms with E-state index in [9.17, 15) is 9.59 Å². The molecule has 4 heteroatoms. The molecule has 0 saturated carbocycles. The predicted molar refractivity (Wildman–Crippen MR) is 94.2 cm³/mol. The van der Waals surface area contributed by atoms with Gasteiger partial charge >= 0.3 is 0 Å². The van der Waals surface area contributed by atoms with Crippen molar-refractivity contribution in [3.8, 4) is 5.75 Å². The number of aryl methyl sites for hydroxylation is 1. The lowest BCUT2D eigenvalue weighted by atomic mass is 10.0. The van der Waals surface area contributed by atoms with Crippen LogP contribution >= 0.6 is 0 Å². The van der Waals surface area contributed by atoms with Gasteiger partial charge in [0.2, 0.25) is 0 Å². The molecule has 0 aliphatic heterocycles. The van der Waals surface area contributed by atoms with Crippen LogP contribution in [0.15, 0.2) is 48.5 Å². The molecule has 126 valence electrons. The molecule has 2 aromatic rings. The largest absolute Gasteiger partial charge is 0.489 e. The van der Waals surface area contributed by atoms with Gasteiger partial charge in [0.25, 0.3) is 11.7 Å². The van der Waals surface area contributed by atoms with Crippen molar-refractivity contribution in [3.05, 3.63) is 65.2 Å². The molecule has 0 bridgehead atoms. The van der Waals surface area contributed by atoms with Crippen molar-refractivity contribution in [2.45, 2.75) is 39.8 Å². The standard InChI is InChI=1S/C20H23NO3/c1-14-9-5-8-12-17(14)24-13-15-10-6-7-11-16(15)18(22)19(23)21-20(2,3)4/h5-12H,13H2,1-4H3,(H,21,23). The van der Waals surface area contributed by atoms with Gasteiger partial charge in [0.1, 0.15) is 12.4 Å². The molecule has 1 amide bonds. The van der Waals surface area contributed by atoms with Crippen LogP contribution in [0, 0.1) is 6.92 Å². The van der Waals surface area contributed by atoms with Gasteiger partial charge in [-0.3, -0.25) is 9.59 Å². The normalized spacial score (nSPS) is 11.0. The average molecular weight is 325 g/mol. The predicted octanol–water partition coefficient (Wildman–Crippen LogP) is 3.67. The van der Waals surface area contributed by atoms with E-state index in [1.165, 1.54) is 0 Å². The SMILES string of the molecule is Cc1ccccc1OCc1ccccc1C(=O)C(=O)NC(C)(C)C. The molecule has 0 atom stereocenters. The molecule has 0 radical (unpaired) electrons. The second-order valence-electron chi connectivity index (χ2n) is 6.74. The lowest BCUT2D eigenvalue weighted by Gasteiger charge is -2.20. The maximum atomic E-state index is 12.5. The van der Waals surface area contributed by atoms with Crippen LogP contribution in [-0.2, 0) is 11.4 Å². The first-order valence-electron chi connectivity index (χ1n) is 7.91. The minimum Gasteiger partial charge on any atom is -0.489 e. The van der Waals surface area contributed by atoms with E-state index >= 15 is 0 Å². The van der Waals surface area contributed by atoms with Gasteiger partial charge in [-0.05, 0) is 39.3 Å². The topological polar surface area (TPSA) is 55.4 Å². The van der Waals surface area contributed by atoms with Crippen LogP contribution in [0.1, 0.15) is 42.3 Å². The highest BCUT2D eigenvalue weighted by Crippen LogP contribution is 2.19. The highest BCUT2D eigenvalue weighted by molar-refractivity contribution is 6.43. The monoisotopic (exact) mass is 325 g/mol. The molecule has 0 aliphatic carbocycles. The summed E-state index contributed by atoms with van der Waals surface area (Å²) in [5.41, 5.74) is 1.62. The summed E-state index contributed by atoms with van der Waals surface area (Å²) in [4.78, 5) is 24.6. The second kappa shape index (κ2) is 7.30. The number of ether oxygens (including phenoxy) is 1. The summed E-state index contributed by atoms with van der Waals surface area (Å²) in [7, 11) is 0. The number of carbonyl (C=O) groups is 2. The summed E-state index contributed by atoms with van der Waals surface area (Å²) in [6.07, 6.45) is 0. The first kappa shape index (κ1) is 17.7. The van der Waals surface area contributed by atoms with Gasteiger partial charge in [-0.2, -0.15) is 0 Å². The molecule has 0 saturated heterocycles. The summed E-state index contributed by atoms with van der Waals surface area (Å²) >= 11 is 0. The van der Waals surface area contributed by atoms with Gasteiger partial charge in [0.05, 0.1) is 0 Å². The summed E-state index contributed by atoms with van der Waals surface area (Å²) in [6.45, 7) is 7.71. The Bertz CT molecular complexity index is 745. The Hall–Kier alpha value is -2.62. The maximum Gasteiger partial charge on any atom is 0.292 e. The molecule has 0 aromatic heterocycles. The Kier molecular flexibility index (Phi) is 5.39. The lowest BCUT2D eigenvalue weighted by Crippen LogP contribution is -2.44.